The van der Waals surface area contributed by atoms with Crippen molar-refractivity contribution in [3.05, 3.63) is 0 Å². The highest BCUT2D eigenvalue weighted by Crippen LogP contribution is 2.01. The van der Waals surface area contributed by atoms with Crippen molar-refractivity contribution >= 4 is 21.6 Å². The van der Waals surface area contributed by atoms with Crippen molar-refractivity contribution in [2.45, 2.75) is 26.2 Å². The van der Waals surface area contributed by atoms with Gasteiger partial charge in [-0.1, -0.05) is 6.92 Å². The highest BCUT2D eigenvalue weighted by atomic mass is 35.5. The van der Waals surface area contributed by atoms with Gasteiger partial charge < -0.3 is 5.11 Å². The van der Waals surface area contributed by atoms with Gasteiger partial charge in [0.2, 0.25) is 10.0 Å². The number of aliphatic hydroxyl groups is 1. The first-order chi connectivity index (χ1) is 7.02. The van der Waals surface area contributed by atoms with Crippen LogP contribution in [0.25, 0.3) is 0 Å². The first-order valence-electron chi connectivity index (χ1n) is 5.16. The first kappa shape index (κ1) is 15.2. The van der Waals surface area contributed by atoms with E-state index in [2.05, 4.69) is 4.72 Å². The normalized spacial score (nSPS) is 14.1. The van der Waals surface area contributed by atoms with Crippen molar-refractivity contribution in [3.63, 3.8) is 0 Å². The number of nitrogens with one attached hydrogen (secondary N) is 1. The molecule has 0 heterocycles. The molecule has 1 atom stereocenters. The van der Waals surface area contributed by atoms with Crippen LogP contribution in [0.2, 0.25) is 0 Å². The molecule has 0 aromatic carbocycles. The molecule has 92 valence electrons. The van der Waals surface area contributed by atoms with E-state index in [0.717, 1.165) is 0 Å². The summed E-state index contributed by atoms with van der Waals surface area (Å²) in [5, 5.41) is 8.65. The predicted molar refractivity (Wildman–Crippen MR) is 62.6 cm³/mol. The van der Waals surface area contributed by atoms with Gasteiger partial charge in [-0.15, -0.1) is 11.6 Å². The summed E-state index contributed by atoms with van der Waals surface area (Å²) in [5.41, 5.74) is 0. The summed E-state index contributed by atoms with van der Waals surface area (Å²) in [7, 11) is -3.16. The Balaban J connectivity index is 3.73. The Labute approximate surface area is 97.1 Å². The Hall–Kier alpha value is 0.160. The minimum Gasteiger partial charge on any atom is -0.396 e. The summed E-state index contributed by atoms with van der Waals surface area (Å²) in [6.07, 6.45) is 1.92. The van der Waals surface area contributed by atoms with Crippen LogP contribution in [0.5, 0.6) is 0 Å². The van der Waals surface area contributed by atoms with E-state index in [4.69, 9.17) is 16.7 Å². The fourth-order valence-corrected chi connectivity index (χ4v) is 2.51. The van der Waals surface area contributed by atoms with Crippen LogP contribution in [-0.2, 0) is 10.0 Å². The van der Waals surface area contributed by atoms with Crippen molar-refractivity contribution in [2.24, 2.45) is 5.92 Å². The molecule has 0 fully saturated rings. The van der Waals surface area contributed by atoms with Crippen LogP contribution in [0.15, 0.2) is 0 Å². The van der Waals surface area contributed by atoms with Crippen LogP contribution in [0.1, 0.15) is 26.2 Å². The first-order valence-corrected chi connectivity index (χ1v) is 7.34. The molecule has 15 heavy (non-hydrogen) atoms. The number of rotatable bonds is 9. The second-order valence-electron chi connectivity index (χ2n) is 3.68. The Morgan fingerprint density at radius 1 is 1.40 bits per heavy atom. The van der Waals surface area contributed by atoms with Gasteiger partial charge in [-0.05, 0) is 25.2 Å². The van der Waals surface area contributed by atoms with Crippen molar-refractivity contribution in [1.82, 2.24) is 4.72 Å². The van der Waals surface area contributed by atoms with Crippen molar-refractivity contribution in [2.75, 3.05) is 24.8 Å². The average Bonchev–Trinajstić information content (AvgIpc) is 2.16. The number of aliphatic hydroxyl groups excluding tert-OH is 1. The van der Waals surface area contributed by atoms with Crippen LogP contribution in [0.3, 0.4) is 0 Å². The second-order valence-corrected chi connectivity index (χ2v) is 5.99. The van der Waals surface area contributed by atoms with Gasteiger partial charge >= 0.3 is 0 Å². The largest absolute Gasteiger partial charge is 0.396 e. The molecule has 0 saturated heterocycles. The molecule has 4 nitrogen and oxygen atoms in total. The van der Waals surface area contributed by atoms with E-state index in [9.17, 15) is 8.42 Å². The Morgan fingerprint density at radius 2 is 2.07 bits per heavy atom. The van der Waals surface area contributed by atoms with E-state index < -0.39 is 10.0 Å². The molecular formula is C9H20ClNO3S. The molecular weight excluding hydrogens is 238 g/mol. The monoisotopic (exact) mass is 257 g/mol. The lowest BCUT2D eigenvalue weighted by Crippen LogP contribution is -2.30. The molecule has 0 aliphatic rings. The van der Waals surface area contributed by atoms with Crippen LogP contribution in [0, 0.1) is 5.92 Å². The number of hydrogen-bond acceptors (Lipinski definition) is 3. The minimum atomic E-state index is -3.16. The van der Waals surface area contributed by atoms with Gasteiger partial charge in [0.15, 0.2) is 0 Å². The number of unbranched alkanes of at least 4 members (excludes halogenated alkanes) is 1. The Kier molecular flexibility index (Phi) is 8.42. The van der Waals surface area contributed by atoms with Crippen LogP contribution < -0.4 is 4.72 Å². The summed E-state index contributed by atoms with van der Waals surface area (Å²) < 4.78 is 25.3. The third-order valence-electron chi connectivity index (χ3n) is 2.07. The standard InChI is InChI=1S/C9H20ClNO3S/c1-9(4-6-12)8-11-15(13,14)7-3-2-5-10/h9,11-12H,2-8H2,1H3. The zero-order valence-corrected chi connectivity index (χ0v) is 10.6. The Morgan fingerprint density at radius 3 is 2.60 bits per heavy atom. The van der Waals surface area contributed by atoms with Gasteiger partial charge in [-0.3, -0.25) is 0 Å². The topological polar surface area (TPSA) is 66.4 Å². The summed E-state index contributed by atoms with van der Waals surface area (Å²) >= 11 is 5.46. The molecule has 2 N–H and O–H groups in total. The molecule has 0 spiro atoms. The van der Waals surface area contributed by atoms with Gasteiger partial charge in [-0.25, -0.2) is 13.1 Å². The summed E-state index contributed by atoms with van der Waals surface area (Å²) in [6, 6.07) is 0. The fraction of sp³-hybridized carbons (Fsp3) is 1.00. The Bertz CT molecular complexity index is 244. The van der Waals surface area contributed by atoms with E-state index in [-0.39, 0.29) is 18.3 Å². The lowest BCUT2D eigenvalue weighted by atomic mass is 10.1. The van der Waals surface area contributed by atoms with E-state index >= 15 is 0 Å². The molecule has 0 saturated carbocycles. The molecule has 1 unspecified atom stereocenters. The third-order valence-corrected chi connectivity index (χ3v) is 3.77. The van der Waals surface area contributed by atoms with E-state index in [1.165, 1.54) is 0 Å². The van der Waals surface area contributed by atoms with Gasteiger partial charge in [0.25, 0.3) is 0 Å². The molecule has 0 rings (SSSR count). The summed E-state index contributed by atoms with van der Waals surface area (Å²) in [4.78, 5) is 0. The molecule has 0 aliphatic carbocycles. The molecule has 0 bridgehead atoms. The van der Waals surface area contributed by atoms with Gasteiger partial charge in [0.05, 0.1) is 5.75 Å². The van der Waals surface area contributed by atoms with Crippen molar-refractivity contribution in [1.29, 1.82) is 0 Å². The molecule has 0 aromatic heterocycles. The number of alkyl halides is 1. The highest BCUT2D eigenvalue weighted by Gasteiger charge is 2.11. The maximum atomic E-state index is 11.4. The molecule has 6 heteroatoms. The molecule has 0 amide bonds. The number of sulfonamides is 1. The third kappa shape index (κ3) is 9.11. The smallest absolute Gasteiger partial charge is 0.211 e. The second kappa shape index (κ2) is 8.33. The van der Waals surface area contributed by atoms with Crippen LogP contribution in [-0.4, -0.2) is 38.3 Å². The lowest BCUT2D eigenvalue weighted by Gasteiger charge is -2.11. The van der Waals surface area contributed by atoms with Crippen molar-refractivity contribution in [3.8, 4) is 0 Å². The van der Waals surface area contributed by atoms with Crippen LogP contribution in [0.4, 0.5) is 0 Å². The van der Waals surface area contributed by atoms with Gasteiger partial charge in [0.1, 0.15) is 0 Å². The molecule has 0 aromatic rings. The maximum absolute atomic E-state index is 11.4. The summed E-state index contributed by atoms with van der Waals surface area (Å²) in [6.45, 7) is 2.39. The zero-order chi connectivity index (χ0) is 11.7. The number of halogens is 1. The average molecular weight is 258 g/mol. The zero-order valence-electron chi connectivity index (χ0n) is 9.08. The predicted octanol–water partition coefficient (Wildman–Crippen LogP) is 0.943. The number of hydrogen-bond donors (Lipinski definition) is 2. The fourth-order valence-electron chi connectivity index (χ4n) is 1.05. The van der Waals surface area contributed by atoms with E-state index in [0.29, 0.717) is 31.7 Å². The van der Waals surface area contributed by atoms with E-state index in [1.54, 1.807) is 0 Å². The van der Waals surface area contributed by atoms with Crippen molar-refractivity contribution < 1.29 is 13.5 Å². The summed E-state index contributed by atoms with van der Waals surface area (Å²) in [5.74, 6) is 0.792. The SMILES string of the molecule is CC(CCO)CNS(=O)(=O)CCCCCl. The van der Waals surface area contributed by atoms with E-state index in [1.807, 2.05) is 6.92 Å². The lowest BCUT2D eigenvalue weighted by molar-refractivity contribution is 0.263. The minimum absolute atomic E-state index is 0.0924. The quantitative estimate of drug-likeness (QED) is 0.477. The van der Waals surface area contributed by atoms with Gasteiger partial charge in [-0.2, -0.15) is 0 Å². The van der Waals surface area contributed by atoms with Gasteiger partial charge in [0, 0.05) is 19.0 Å². The maximum Gasteiger partial charge on any atom is 0.211 e. The molecule has 0 aliphatic heterocycles. The van der Waals surface area contributed by atoms with Crippen LogP contribution >= 0.6 is 11.6 Å². The highest BCUT2D eigenvalue weighted by molar-refractivity contribution is 7.89. The molecule has 0 radical (unpaired) electrons.